The Bertz CT molecular complexity index is 2230. The topological polar surface area (TPSA) is 232 Å². The second-order valence-electron chi connectivity index (χ2n) is 16.8. The van der Waals surface area contributed by atoms with Crippen molar-refractivity contribution in [3.63, 3.8) is 0 Å². The van der Waals surface area contributed by atoms with Crippen molar-refractivity contribution in [2.24, 2.45) is 5.92 Å². The monoisotopic (exact) mass is 891 g/mol. The molecule has 4 N–H and O–H groups in total. The number of rotatable bonds is 5. The smallest absolute Gasteiger partial charge is 0.410 e. The van der Waals surface area contributed by atoms with Crippen LogP contribution in [0.4, 0.5) is 25.5 Å². The highest BCUT2D eigenvalue weighted by molar-refractivity contribution is 7.90. The maximum Gasteiger partial charge on any atom is 0.410 e. The van der Waals surface area contributed by atoms with E-state index in [1.54, 1.807) is 18.3 Å². The van der Waals surface area contributed by atoms with Crippen LogP contribution in [0.3, 0.4) is 0 Å². The van der Waals surface area contributed by atoms with Crippen molar-refractivity contribution in [1.82, 2.24) is 30.1 Å². The SMILES string of the molecule is C=C[C@@H]1C[C@@]12NC(=O)[C@@H]1C[C@@H](OC(=O)N3CCN(c4ncccc4C#N)CC3)CN1C(=O)[C@@H](NC(=O)OC1CCCC1)CCCCCCCNc1ccc(F)cc1S(=O)(=O)NC2=O. The molecule has 5 amide bonds. The summed E-state index contributed by atoms with van der Waals surface area (Å²) < 4.78 is 55.6. The number of carbonyl (C=O) groups excluding carboxylic acids is 5. The van der Waals surface area contributed by atoms with Crippen molar-refractivity contribution in [2.75, 3.05) is 49.5 Å². The fraction of sp³-hybridized carbons (Fsp3) is 0.558. The summed E-state index contributed by atoms with van der Waals surface area (Å²) in [6.45, 7) is 5.12. The summed E-state index contributed by atoms with van der Waals surface area (Å²) in [5.74, 6) is -3.52. The molecule has 4 fully saturated rings. The van der Waals surface area contributed by atoms with Gasteiger partial charge in [0.05, 0.1) is 17.8 Å². The first-order chi connectivity index (χ1) is 30.3. The third kappa shape index (κ3) is 10.5. The molecule has 20 heteroatoms. The van der Waals surface area contributed by atoms with Crippen LogP contribution in [0.5, 0.6) is 0 Å². The number of nitriles is 1. The third-order valence-corrected chi connectivity index (χ3v) is 13.9. The highest BCUT2D eigenvalue weighted by atomic mass is 32.2. The highest BCUT2D eigenvalue weighted by Gasteiger charge is 2.61. The Hall–Kier alpha value is -5.97. The second kappa shape index (κ2) is 19.6. The minimum absolute atomic E-state index is 0.0194. The fourth-order valence-electron chi connectivity index (χ4n) is 8.92. The Balaban J connectivity index is 1.13. The minimum Gasteiger partial charge on any atom is -0.446 e. The molecule has 1 aromatic carbocycles. The number of ether oxygens (including phenoxy) is 2. The molecular formula is C43H54FN9O9S. The quantitative estimate of drug-likeness (QED) is 0.314. The highest BCUT2D eigenvalue weighted by Crippen LogP contribution is 2.45. The van der Waals surface area contributed by atoms with Gasteiger partial charge in [-0.15, -0.1) is 6.58 Å². The van der Waals surface area contributed by atoms with E-state index in [0.717, 1.165) is 37.8 Å². The van der Waals surface area contributed by atoms with Crippen LogP contribution in [-0.4, -0.2) is 122 Å². The lowest BCUT2D eigenvalue weighted by atomic mass is 10.0. The molecule has 7 rings (SSSR count). The van der Waals surface area contributed by atoms with Gasteiger partial charge in [-0.2, -0.15) is 5.26 Å². The molecule has 18 nitrogen and oxygen atoms in total. The second-order valence-corrected chi connectivity index (χ2v) is 18.4. The summed E-state index contributed by atoms with van der Waals surface area (Å²) in [5, 5.41) is 18.1. The fourth-order valence-corrected chi connectivity index (χ4v) is 10.2. The van der Waals surface area contributed by atoms with Gasteiger partial charge in [0.1, 0.15) is 52.4 Å². The molecule has 2 saturated carbocycles. The third-order valence-electron chi connectivity index (χ3n) is 12.5. The number of alkyl carbamates (subject to hydrolysis) is 1. The number of amides is 5. The first kappa shape index (κ1) is 45.1. The van der Waals surface area contributed by atoms with Gasteiger partial charge in [0.25, 0.3) is 15.9 Å². The molecule has 1 spiro atoms. The molecule has 3 aliphatic heterocycles. The van der Waals surface area contributed by atoms with Crippen LogP contribution in [0, 0.1) is 23.1 Å². The molecule has 0 radical (unpaired) electrons. The van der Waals surface area contributed by atoms with E-state index in [2.05, 4.69) is 33.6 Å². The van der Waals surface area contributed by atoms with Gasteiger partial charge < -0.3 is 40.1 Å². The number of aromatic nitrogens is 1. The van der Waals surface area contributed by atoms with E-state index in [1.807, 2.05) is 9.62 Å². The first-order valence-corrected chi connectivity index (χ1v) is 23.2. The van der Waals surface area contributed by atoms with E-state index in [0.29, 0.717) is 63.1 Å². The molecule has 4 heterocycles. The summed E-state index contributed by atoms with van der Waals surface area (Å²) in [6, 6.07) is 6.27. The molecule has 5 atom stereocenters. The molecule has 0 bridgehead atoms. The zero-order chi connectivity index (χ0) is 44.7. The first-order valence-electron chi connectivity index (χ1n) is 21.7. The van der Waals surface area contributed by atoms with E-state index in [9.17, 15) is 42.0 Å². The van der Waals surface area contributed by atoms with E-state index < -0.39 is 80.3 Å². The Kier molecular flexibility index (Phi) is 14.0. The van der Waals surface area contributed by atoms with Gasteiger partial charge in [-0.1, -0.05) is 31.8 Å². The van der Waals surface area contributed by atoms with E-state index in [1.165, 1.54) is 21.9 Å². The number of hydrogen-bond donors (Lipinski definition) is 4. The largest absolute Gasteiger partial charge is 0.446 e. The Labute approximate surface area is 366 Å². The summed E-state index contributed by atoms with van der Waals surface area (Å²) in [4.78, 5) is 78.5. The molecule has 2 aliphatic carbocycles. The van der Waals surface area contributed by atoms with Crippen LogP contribution in [0.2, 0.25) is 0 Å². The van der Waals surface area contributed by atoms with Crippen molar-refractivity contribution in [3.8, 4) is 6.07 Å². The van der Waals surface area contributed by atoms with Crippen LogP contribution in [0.25, 0.3) is 0 Å². The molecule has 1 aromatic heterocycles. The number of benzene rings is 1. The van der Waals surface area contributed by atoms with Crippen molar-refractivity contribution in [3.05, 3.63) is 60.6 Å². The van der Waals surface area contributed by atoms with Crippen LogP contribution in [-0.2, 0) is 33.9 Å². The van der Waals surface area contributed by atoms with Gasteiger partial charge in [-0.05, 0) is 75.3 Å². The number of nitrogens with one attached hydrogen (secondary N) is 4. The van der Waals surface area contributed by atoms with Crippen LogP contribution >= 0.6 is 0 Å². The summed E-state index contributed by atoms with van der Waals surface area (Å²) in [6.07, 6.45) is 6.94. The molecule has 0 unspecified atom stereocenters. The Morgan fingerprint density at radius 1 is 0.984 bits per heavy atom. The Morgan fingerprint density at radius 2 is 1.71 bits per heavy atom. The molecule has 338 valence electrons. The molecule has 63 heavy (non-hydrogen) atoms. The van der Waals surface area contributed by atoms with Crippen molar-refractivity contribution < 1.29 is 46.3 Å². The lowest BCUT2D eigenvalue weighted by molar-refractivity contribution is -0.141. The number of sulfonamides is 1. The standard InChI is InChI=1S/C43H54FN9O9S/c1-2-29-25-43(29)40(56)50-63(59,60)36-23-30(44)15-16-33(36)46-17-9-5-3-4-6-14-34(48-41(57)61-31-12-7-8-13-31)39(55)53-27-32(24-35(53)38(54)49-43)62-42(58)52-21-19-51(20-22-52)37-28(26-45)11-10-18-47-37/h2,10-11,15-16,18,23,29,31-32,34-35,46H,1,3-9,12-14,17,19-22,24-25,27H2,(H,48,57)(H,49,54)(H,50,56)/t29-,32-,34+,35+,43-/m1/s1. The van der Waals surface area contributed by atoms with Crippen molar-refractivity contribution >= 4 is 51.4 Å². The van der Waals surface area contributed by atoms with E-state index >= 15 is 0 Å². The number of halogens is 1. The Morgan fingerprint density at radius 3 is 2.44 bits per heavy atom. The molecule has 2 aromatic rings. The van der Waals surface area contributed by atoms with E-state index in [-0.39, 0.29) is 50.7 Å². The molecular weight excluding hydrogens is 838 g/mol. The van der Waals surface area contributed by atoms with Gasteiger partial charge in [-0.3, -0.25) is 14.4 Å². The van der Waals surface area contributed by atoms with Gasteiger partial charge in [-0.25, -0.2) is 32.1 Å². The lowest BCUT2D eigenvalue weighted by Crippen LogP contribution is -2.58. The van der Waals surface area contributed by atoms with E-state index in [4.69, 9.17) is 9.47 Å². The summed E-state index contributed by atoms with van der Waals surface area (Å²) in [7, 11) is -4.68. The minimum atomic E-state index is -4.68. The van der Waals surface area contributed by atoms with Gasteiger partial charge >= 0.3 is 12.2 Å². The number of piperazine rings is 1. The number of fused-ring (bicyclic) bond motifs is 2. The average Bonchev–Trinajstić information content (AvgIpc) is 3.51. The van der Waals surface area contributed by atoms with Crippen LogP contribution in [0.15, 0.2) is 54.1 Å². The number of nitrogens with zero attached hydrogens (tertiary/aromatic N) is 5. The summed E-state index contributed by atoms with van der Waals surface area (Å²) in [5.41, 5.74) is -1.29. The summed E-state index contributed by atoms with van der Waals surface area (Å²) >= 11 is 0. The molecule has 5 aliphatic rings. The zero-order valence-corrected chi connectivity index (χ0v) is 35.9. The maximum absolute atomic E-state index is 14.6. The number of hydrogen-bond acceptors (Lipinski definition) is 13. The van der Waals surface area contributed by atoms with Crippen molar-refractivity contribution in [2.45, 2.75) is 112 Å². The van der Waals surface area contributed by atoms with Gasteiger partial charge in [0, 0.05) is 51.3 Å². The normalized spacial score (nSPS) is 27.1. The number of pyridine rings is 1. The van der Waals surface area contributed by atoms with Crippen LogP contribution < -0.4 is 25.6 Å². The predicted octanol–water partition coefficient (Wildman–Crippen LogP) is 3.69. The molecule has 2 saturated heterocycles. The van der Waals surface area contributed by atoms with Crippen molar-refractivity contribution in [1.29, 1.82) is 5.26 Å². The van der Waals surface area contributed by atoms with Gasteiger partial charge in [0.15, 0.2) is 0 Å². The number of carbonyl (C=O) groups is 5. The van der Waals surface area contributed by atoms with Crippen LogP contribution in [0.1, 0.15) is 82.6 Å². The average molecular weight is 892 g/mol. The predicted molar refractivity (Wildman–Crippen MR) is 226 cm³/mol. The van der Waals surface area contributed by atoms with Gasteiger partial charge in [0.2, 0.25) is 11.8 Å². The lowest BCUT2D eigenvalue weighted by Gasteiger charge is -2.35. The maximum atomic E-state index is 14.6. The number of anilines is 2. The zero-order valence-electron chi connectivity index (χ0n) is 35.1.